The van der Waals surface area contributed by atoms with Crippen molar-refractivity contribution in [3.05, 3.63) is 35.9 Å². The van der Waals surface area contributed by atoms with Crippen molar-refractivity contribution in [2.75, 3.05) is 44.9 Å². The topological polar surface area (TPSA) is 230 Å². The van der Waals surface area contributed by atoms with Gasteiger partial charge in [0.25, 0.3) is 0 Å². The van der Waals surface area contributed by atoms with E-state index in [4.69, 9.17) is 48.7 Å². The fourth-order valence-corrected chi connectivity index (χ4v) is 11.8. The zero-order valence-electron chi connectivity index (χ0n) is 30.6. The number of Topliss-reactive ketones (excluding diaryl/α,β-unsaturated/α-hetero) is 1. The van der Waals surface area contributed by atoms with Gasteiger partial charge in [0.2, 0.25) is 11.6 Å². The van der Waals surface area contributed by atoms with Gasteiger partial charge in [-0.1, -0.05) is 12.1 Å². The summed E-state index contributed by atoms with van der Waals surface area (Å²) in [7, 11) is -9.22. The molecule has 2 heterocycles. The highest BCUT2D eigenvalue weighted by atomic mass is 32.2. The van der Waals surface area contributed by atoms with Crippen LogP contribution in [-0.4, -0.2) is 88.4 Å². The molecule has 2 aromatic rings. The molecule has 3 unspecified atom stereocenters. The van der Waals surface area contributed by atoms with E-state index < -0.39 is 60.0 Å². The molecule has 4 rings (SSSR count). The molecule has 4 N–H and O–H groups in total. The van der Waals surface area contributed by atoms with Crippen LogP contribution >= 0.6 is 27.0 Å². The maximum Gasteiger partial charge on any atom is 0.399 e. The highest BCUT2D eigenvalue weighted by Gasteiger charge is 2.72. The summed E-state index contributed by atoms with van der Waals surface area (Å²) < 4.78 is 53.4. The van der Waals surface area contributed by atoms with E-state index in [-0.39, 0.29) is 57.3 Å². The zero-order valence-corrected chi connectivity index (χ0v) is 33.2. The molecule has 0 bridgehead atoms. The van der Waals surface area contributed by atoms with Crippen molar-refractivity contribution in [3.63, 3.8) is 0 Å². The van der Waals surface area contributed by atoms with Crippen LogP contribution in [-0.2, 0) is 57.0 Å². The lowest BCUT2D eigenvalue weighted by Gasteiger charge is -2.47. The number of rotatable bonds is 23. The van der Waals surface area contributed by atoms with Crippen LogP contribution in [0.15, 0.2) is 30.3 Å². The smallest absolute Gasteiger partial charge is 0.399 e. The predicted octanol–water partition coefficient (Wildman–Crippen LogP) is 5.86. The minimum absolute atomic E-state index is 0.0520. The summed E-state index contributed by atoms with van der Waals surface area (Å²) in [5.74, 6) is -3.59. The Morgan fingerprint density at radius 2 is 1.43 bits per heavy atom. The summed E-state index contributed by atoms with van der Waals surface area (Å²) in [6.45, 7) is 11.2. The number of thioether (sulfide) groups is 1. The highest BCUT2D eigenvalue weighted by Crippen LogP contribution is 2.72. The van der Waals surface area contributed by atoms with Crippen LogP contribution < -0.4 is 15.8 Å². The van der Waals surface area contributed by atoms with Crippen molar-refractivity contribution < 1.29 is 71.6 Å². The third-order valence-corrected chi connectivity index (χ3v) is 15.0. The molecule has 0 aliphatic carbocycles. The Kier molecular flexibility index (Phi) is 14.5. The summed E-state index contributed by atoms with van der Waals surface area (Å²) in [5.41, 5.74) is 4.89. The lowest BCUT2D eigenvalue weighted by atomic mass is 9.82. The number of β-lactam (4-membered cyclic amide) rings is 1. The number of ketones is 1. The molecule has 296 valence electrons. The molecule has 2 aliphatic rings. The van der Waals surface area contributed by atoms with Crippen LogP contribution in [0.2, 0.25) is 0 Å². The number of nitrogens with zero attached hydrogens (tertiary/aromatic N) is 1. The second-order valence-corrected chi connectivity index (χ2v) is 18.3. The first-order valence-electron chi connectivity index (χ1n) is 17.1. The number of aliphatic carboxylic acids is 1. The monoisotopic (exact) mass is 807 g/mol. The van der Waals surface area contributed by atoms with Crippen molar-refractivity contribution in [1.82, 2.24) is 4.90 Å². The van der Waals surface area contributed by atoms with E-state index in [0.29, 0.717) is 16.5 Å². The third-order valence-electron chi connectivity index (χ3n) is 8.45. The number of anilines is 1. The number of ether oxygens (including phenoxy) is 1. The number of carbonyl (C=O) groups is 3. The molecule has 21 heteroatoms. The molecule has 2 aliphatic heterocycles. The van der Waals surface area contributed by atoms with E-state index in [9.17, 15) is 28.6 Å². The Hall–Kier alpha value is -2.64. The van der Waals surface area contributed by atoms with E-state index in [1.54, 1.807) is 78.8 Å². The second kappa shape index (κ2) is 17.9. The normalized spacial score (nSPS) is 21.2. The first-order valence-corrected chi connectivity index (χ1v) is 21.2. The molecular weight excluding hydrogens is 760 g/mol. The third kappa shape index (κ3) is 8.47. The molecule has 3 atom stereocenters. The van der Waals surface area contributed by atoms with Crippen molar-refractivity contribution in [1.29, 1.82) is 0 Å². The van der Waals surface area contributed by atoms with Crippen LogP contribution in [0.25, 0.3) is 10.8 Å². The number of carbonyl (C=O) groups excluding carboxylic acids is 2. The average molecular weight is 808 g/mol. The molecule has 0 spiro atoms. The first kappa shape index (κ1) is 43.1. The molecule has 0 radical (unpaired) electrons. The van der Waals surface area contributed by atoms with Gasteiger partial charge in [-0.25, -0.2) is 24.3 Å². The Balaban J connectivity index is 1.69. The van der Waals surface area contributed by atoms with E-state index in [1.807, 2.05) is 0 Å². The van der Waals surface area contributed by atoms with Crippen LogP contribution in [0.5, 0.6) is 5.75 Å². The van der Waals surface area contributed by atoms with Gasteiger partial charge < -0.3 is 15.2 Å². The van der Waals surface area contributed by atoms with Crippen LogP contribution in [0.3, 0.4) is 0 Å². The van der Waals surface area contributed by atoms with Crippen LogP contribution in [0.4, 0.5) is 5.69 Å². The number of carboxylic acid groups (broad SMARTS) is 1. The Bertz CT molecular complexity index is 1690. The van der Waals surface area contributed by atoms with Gasteiger partial charge in [0.15, 0.2) is 11.2 Å². The number of amides is 1. The Morgan fingerprint density at radius 3 is 1.92 bits per heavy atom. The molecule has 18 nitrogen and oxygen atoms in total. The van der Waals surface area contributed by atoms with Gasteiger partial charge in [-0.15, -0.1) is 30.5 Å². The number of nitrogens with two attached hydrogens (primary N) is 1. The maximum atomic E-state index is 14.3. The largest absolute Gasteiger partial charge is 0.493 e. The Labute approximate surface area is 311 Å². The van der Waals surface area contributed by atoms with E-state index >= 15 is 0 Å². The van der Waals surface area contributed by atoms with Crippen molar-refractivity contribution in [2.24, 2.45) is 11.7 Å². The highest BCUT2D eigenvalue weighted by molar-refractivity contribution is 8.01. The fraction of sp³-hybridized carbons (Fsp3) is 0.594. The van der Waals surface area contributed by atoms with Gasteiger partial charge in [0.1, 0.15) is 11.7 Å². The van der Waals surface area contributed by atoms with Crippen molar-refractivity contribution >= 4 is 61.1 Å². The van der Waals surface area contributed by atoms with E-state index in [1.165, 1.54) is 0 Å². The van der Waals surface area contributed by atoms with Gasteiger partial charge in [-0.3, -0.25) is 29.4 Å². The molecule has 1 amide bonds. The SMILES string of the molecule is CCOOP(=O)(OOCC)C(CCNc1ccc2ccc(OCC)c(C(=O)C3C(=O)N4C3SC(C)(C)C4(N)C(=O)O)c2c1)P(=O)(OOCC)OOCC. The Morgan fingerprint density at radius 1 is 0.906 bits per heavy atom. The molecule has 0 aromatic heterocycles. The second-order valence-electron chi connectivity index (χ2n) is 12.1. The van der Waals surface area contributed by atoms with Gasteiger partial charge in [-0.05, 0) is 83.9 Å². The molecule has 0 saturated carbocycles. The lowest BCUT2D eigenvalue weighted by molar-refractivity contribution is -0.272. The van der Waals surface area contributed by atoms with Crippen LogP contribution in [0.1, 0.15) is 65.2 Å². The number of carboxylic acids is 1. The van der Waals surface area contributed by atoms with Gasteiger partial charge in [0, 0.05) is 12.2 Å². The number of nitrogens with one attached hydrogen (secondary N) is 1. The minimum Gasteiger partial charge on any atom is -0.493 e. The molecular formula is C32H47N3O15P2S. The fourth-order valence-electron chi connectivity index (χ4n) is 5.90. The van der Waals surface area contributed by atoms with E-state index in [2.05, 4.69) is 5.32 Å². The minimum atomic E-state index is -4.61. The zero-order chi connectivity index (χ0) is 39.2. The van der Waals surface area contributed by atoms with Crippen molar-refractivity contribution in [2.45, 2.75) is 76.1 Å². The summed E-state index contributed by atoms with van der Waals surface area (Å²) in [6, 6.07) is 8.51. The summed E-state index contributed by atoms with van der Waals surface area (Å²) in [4.78, 5) is 61.0. The predicted molar refractivity (Wildman–Crippen MR) is 193 cm³/mol. The number of hydrogen-bond donors (Lipinski definition) is 3. The quantitative estimate of drug-likeness (QED) is 0.0298. The maximum absolute atomic E-state index is 14.3. The first-order chi connectivity index (χ1) is 25.1. The number of hydrogen-bond acceptors (Lipinski definition) is 17. The molecule has 53 heavy (non-hydrogen) atoms. The molecule has 2 fully saturated rings. The van der Waals surface area contributed by atoms with E-state index in [0.717, 1.165) is 16.7 Å². The number of benzene rings is 2. The summed E-state index contributed by atoms with van der Waals surface area (Å²) >= 11 is 1.16. The number of fused-ring (bicyclic) bond motifs is 2. The van der Waals surface area contributed by atoms with Gasteiger partial charge >= 0.3 is 21.2 Å². The molecule has 2 aromatic carbocycles. The van der Waals surface area contributed by atoms with Gasteiger partial charge in [-0.2, -0.15) is 0 Å². The van der Waals surface area contributed by atoms with Gasteiger partial charge in [0.05, 0.1) is 48.7 Å². The standard InChI is InChI=1S/C32H47N3O15P2S/c1-8-42-23-16-14-20-13-15-21(19-22(20)25(23)27(36)26-28(37)35-29(26)53-31(6,7)32(35,33)30(38)39)34-18-17-24(51(40,47-43-9-2)48-44-10-3)52(41,49-45-11-4)50-46-12-5/h13-16,19,24,26,29,34H,8-12,17-18,33H2,1-7H3,(H,38,39). The summed E-state index contributed by atoms with van der Waals surface area (Å²) in [5, 5.41) is 11.7. The lowest BCUT2D eigenvalue weighted by Crippen LogP contribution is -2.75. The van der Waals surface area contributed by atoms with Crippen molar-refractivity contribution in [3.8, 4) is 5.75 Å². The summed E-state index contributed by atoms with van der Waals surface area (Å²) in [6.07, 6.45) is -0.275. The van der Waals surface area contributed by atoms with Crippen LogP contribution in [0, 0.1) is 5.92 Å². The molecule has 2 saturated heterocycles. The average Bonchev–Trinajstić information content (AvgIpc) is 3.31.